The molecule has 0 aromatic heterocycles. The van der Waals surface area contributed by atoms with Crippen LogP contribution in [0.2, 0.25) is 0 Å². The van der Waals surface area contributed by atoms with Crippen LogP contribution in [0.15, 0.2) is 18.2 Å². The van der Waals surface area contributed by atoms with Gasteiger partial charge in [0.2, 0.25) is 0 Å². The van der Waals surface area contributed by atoms with Crippen LogP contribution >= 0.6 is 0 Å². The maximum Gasteiger partial charge on any atom is 0.306 e. The third-order valence-electron chi connectivity index (χ3n) is 1.93. The van der Waals surface area contributed by atoms with Crippen LogP contribution in [0.3, 0.4) is 0 Å². The van der Waals surface area contributed by atoms with Gasteiger partial charge in [-0.25, -0.2) is 4.39 Å². The molecule has 0 aliphatic rings. The second kappa shape index (κ2) is 5.34. The molecule has 0 amide bonds. The predicted octanol–water partition coefficient (Wildman–Crippen LogP) is 2.03. The molecule has 1 rings (SSSR count). The van der Waals surface area contributed by atoms with Crippen LogP contribution in [0.1, 0.15) is 18.9 Å². The topological polar surface area (TPSA) is 46.5 Å². The number of aromatic hydroxyl groups is 1. The monoisotopic (exact) mass is 212 g/mol. The van der Waals surface area contributed by atoms with Crippen LogP contribution in [0.4, 0.5) is 4.39 Å². The molecule has 1 aromatic carbocycles. The van der Waals surface area contributed by atoms with E-state index >= 15 is 0 Å². The number of ether oxygens (including phenoxy) is 1. The summed E-state index contributed by atoms with van der Waals surface area (Å²) in [7, 11) is 0. The van der Waals surface area contributed by atoms with Crippen molar-refractivity contribution in [2.24, 2.45) is 0 Å². The third kappa shape index (κ3) is 3.58. The molecule has 0 saturated carbocycles. The van der Waals surface area contributed by atoms with Gasteiger partial charge < -0.3 is 9.84 Å². The molecule has 4 heteroatoms. The van der Waals surface area contributed by atoms with Gasteiger partial charge in [-0.2, -0.15) is 0 Å². The fraction of sp³-hybridized carbons (Fsp3) is 0.364. The Morgan fingerprint density at radius 1 is 1.53 bits per heavy atom. The minimum Gasteiger partial charge on any atom is -0.508 e. The predicted molar refractivity (Wildman–Crippen MR) is 53.0 cm³/mol. The molecular formula is C11H13FO3. The number of rotatable bonds is 4. The van der Waals surface area contributed by atoms with Crippen LogP contribution in [0.25, 0.3) is 0 Å². The largest absolute Gasteiger partial charge is 0.508 e. The van der Waals surface area contributed by atoms with Crippen molar-refractivity contribution >= 4 is 5.97 Å². The van der Waals surface area contributed by atoms with E-state index in [0.29, 0.717) is 12.2 Å². The Bertz CT molecular complexity index is 350. The van der Waals surface area contributed by atoms with Gasteiger partial charge in [0.05, 0.1) is 6.61 Å². The van der Waals surface area contributed by atoms with E-state index in [1.54, 1.807) is 6.92 Å². The zero-order valence-corrected chi connectivity index (χ0v) is 8.50. The highest BCUT2D eigenvalue weighted by molar-refractivity contribution is 5.69. The van der Waals surface area contributed by atoms with Gasteiger partial charge in [-0.05, 0) is 37.1 Å². The van der Waals surface area contributed by atoms with Crippen molar-refractivity contribution in [1.29, 1.82) is 0 Å². The molecular weight excluding hydrogens is 199 g/mol. The average molecular weight is 212 g/mol. The third-order valence-corrected chi connectivity index (χ3v) is 1.93. The van der Waals surface area contributed by atoms with Crippen LogP contribution in [0.5, 0.6) is 5.75 Å². The van der Waals surface area contributed by atoms with Crippen molar-refractivity contribution in [3.05, 3.63) is 29.6 Å². The Labute approximate surface area is 87.5 Å². The smallest absolute Gasteiger partial charge is 0.306 e. The molecule has 1 N–H and O–H groups in total. The van der Waals surface area contributed by atoms with E-state index in [-0.39, 0.29) is 24.6 Å². The molecule has 0 bridgehead atoms. The minimum atomic E-state index is -0.419. The van der Waals surface area contributed by atoms with Crippen molar-refractivity contribution in [3.63, 3.8) is 0 Å². The number of aryl methyl sites for hydroxylation is 1. The summed E-state index contributed by atoms with van der Waals surface area (Å²) in [5, 5.41) is 9.12. The Morgan fingerprint density at radius 3 is 2.93 bits per heavy atom. The SMILES string of the molecule is CCOC(=O)CCc1cc(O)ccc1F. The summed E-state index contributed by atoms with van der Waals surface area (Å²) < 4.78 is 17.9. The van der Waals surface area contributed by atoms with E-state index < -0.39 is 5.82 Å². The van der Waals surface area contributed by atoms with Gasteiger partial charge in [-0.15, -0.1) is 0 Å². The lowest BCUT2D eigenvalue weighted by Gasteiger charge is -2.04. The lowest BCUT2D eigenvalue weighted by atomic mass is 10.1. The van der Waals surface area contributed by atoms with Crippen LogP contribution in [-0.2, 0) is 16.0 Å². The molecule has 0 heterocycles. The first-order valence-electron chi connectivity index (χ1n) is 4.76. The van der Waals surface area contributed by atoms with E-state index in [2.05, 4.69) is 0 Å². The molecule has 0 atom stereocenters. The maximum atomic E-state index is 13.1. The second-order valence-corrected chi connectivity index (χ2v) is 3.08. The van der Waals surface area contributed by atoms with E-state index in [1.807, 2.05) is 0 Å². The Balaban J connectivity index is 2.57. The summed E-state index contributed by atoms with van der Waals surface area (Å²) >= 11 is 0. The first-order valence-corrected chi connectivity index (χ1v) is 4.76. The fourth-order valence-electron chi connectivity index (χ4n) is 1.22. The zero-order valence-electron chi connectivity index (χ0n) is 8.50. The van der Waals surface area contributed by atoms with Gasteiger partial charge >= 0.3 is 5.97 Å². The van der Waals surface area contributed by atoms with Gasteiger partial charge in [0.1, 0.15) is 11.6 Å². The van der Waals surface area contributed by atoms with Crippen molar-refractivity contribution in [3.8, 4) is 5.75 Å². The molecule has 1 aromatic rings. The van der Waals surface area contributed by atoms with E-state index in [1.165, 1.54) is 18.2 Å². The molecule has 82 valence electrons. The second-order valence-electron chi connectivity index (χ2n) is 3.08. The standard InChI is InChI=1S/C11H13FO3/c1-2-15-11(14)6-3-8-7-9(13)4-5-10(8)12/h4-5,7,13H,2-3,6H2,1H3. The molecule has 15 heavy (non-hydrogen) atoms. The molecule has 3 nitrogen and oxygen atoms in total. The summed E-state index contributed by atoms with van der Waals surface area (Å²) in [4.78, 5) is 11.0. The van der Waals surface area contributed by atoms with Gasteiger partial charge in [0.15, 0.2) is 0 Å². The van der Waals surface area contributed by atoms with E-state index in [9.17, 15) is 9.18 Å². The number of carbonyl (C=O) groups is 1. The first kappa shape index (κ1) is 11.5. The lowest BCUT2D eigenvalue weighted by Crippen LogP contribution is -2.05. The van der Waals surface area contributed by atoms with Crippen LogP contribution in [0, 0.1) is 5.82 Å². The number of benzene rings is 1. The number of esters is 1. The van der Waals surface area contributed by atoms with E-state index in [0.717, 1.165) is 0 Å². The number of phenols is 1. The van der Waals surface area contributed by atoms with Gasteiger partial charge in [-0.1, -0.05) is 0 Å². The number of halogens is 1. The van der Waals surface area contributed by atoms with Crippen molar-refractivity contribution in [2.75, 3.05) is 6.61 Å². The summed E-state index contributed by atoms with van der Waals surface area (Å²) in [5.41, 5.74) is 0.322. The van der Waals surface area contributed by atoms with Crippen molar-refractivity contribution in [1.82, 2.24) is 0 Å². The summed E-state index contributed by atoms with van der Waals surface area (Å²) in [5.74, 6) is -0.785. The van der Waals surface area contributed by atoms with Crippen LogP contribution in [-0.4, -0.2) is 17.7 Å². The van der Waals surface area contributed by atoms with Gasteiger partial charge in [0, 0.05) is 6.42 Å². The van der Waals surface area contributed by atoms with Crippen LogP contribution < -0.4 is 0 Å². The van der Waals surface area contributed by atoms with E-state index in [4.69, 9.17) is 9.84 Å². The van der Waals surface area contributed by atoms with Crippen molar-refractivity contribution < 1.29 is 19.0 Å². The number of carbonyl (C=O) groups excluding carboxylic acids is 1. The Morgan fingerprint density at radius 2 is 2.27 bits per heavy atom. The minimum absolute atomic E-state index is 0.00439. The summed E-state index contributed by atoms with van der Waals surface area (Å²) in [6.07, 6.45) is 0.354. The average Bonchev–Trinajstić information content (AvgIpc) is 2.20. The quantitative estimate of drug-likeness (QED) is 0.777. The molecule has 0 saturated heterocycles. The molecule has 0 fully saturated rings. The molecule has 0 radical (unpaired) electrons. The first-order chi connectivity index (χ1) is 7.13. The summed E-state index contributed by atoms with van der Waals surface area (Å²) in [6, 6.07) is 3.76. The Hall–Kier alpha value is -1.58. The number of phenolic OH excluding ortho intramolecular Hbond substituents is 1. The zero-order chi connectivity index (χ0) is 11.3. The Kier molecular flexibility index (Phi) is 4.09. The van der Waals surface area contributed by atoms with Gasteiger partial charge in [0.25, 0.3) is 0 Å². The molecule has 0 unspecified atom stereocenters. The lowest BCUT2D eigenvalue weighted by molar-refractivity contribution is -0.143. The fourth-order valence-corrected chi connectivity index (χ4v) is 1.22. The number of hydrogen-bond donors (Lipinski definition) is 1. The maximum absolute atomic E-state index is 13.1. The highest BCUT2D eigenvalue weighted by Crippen LogP contribution is 2.16. The van der Waals surface area contributed by atoms with Crippen molar-refractivity contribution in [2.45, 2.75) is 19.8 Å². The highest BCUT2D eigenvalue weighted by Gasteiger charge is 2.07. The molecule has 0 aliphatic heterocycles. The normalized spacial score (nSPS) is 10.0. The van der Waals surface area contributed by atoms with Gasteiger partial charge in [-0.3, -0.25) is 4.79 Å². The molecule has 0 aliphatic carbocycles. The number of hydrogen-bond acceptors (Lipinski definition) is 3. The molecule has 0 spiro atoms. The highest BCUT2D eigenvalue weighted by atomic mass is 19.1. The summed E-state index contributed by atoms with van der Waals surface area (Å²) in [6.45, 7) is 2.04.